The van der Waals surface area contributed by atoms with Crippen molar-refractivity contribution in [1.29, 1.82) is 0 Å². The molecule has 0 spiro atoms. The molecule has 0 atom stereocenters. The van der Waals surface area contributed by atoms with Crippen LogP contribution in [-0.2, 0) is 4.74 Å². The Morgan fingerprint density at radius 2 is 2.16 bits per heavy atom. The third kappa shape index (κ3) is 4.13. The predicted molar refractivity (Wildman–Crippen MR) is 73.4 cm³/mol. The summed E-state index contributed by atoms with van der Waals surface area (Å²) in [6.45, 7) is 4.07. The van der Waals surface area contributed by atoms with Gasteiger partial charge in [-0.15, -0.1) is 0 Å². The topological polar surface area (TPSA) is 70.6 Å². The van der Waals surface area contributed by atoms with Gasteiger partial charge in [-0.05, 0) is 43.4 Å². The first kappa shape index (κ1) is 13.7. The van der Waals surface area contributed by atoms with E-state index in [1.165, 1.54) is 0 Å². The van der Waals surface area contributed by atoms with Crippen molar-refractivity contribution >= 4 is 11.7 Å². The molecule has 104 valence electrons. The van der Waals surface area contributed by atoms with Gasteiger partial charge in [-0.2, -0.15) is 0 Å². The maximum absolute atomic E-state index is 11.7. The maximum atomic E-state index is 11.7. The number of phenols is 1. The molecule has 0 saturated carbocycles. The summed E-state index contributed by atoms with van der Waals surface area (Å²) in [7, 11) is 0. The average Bonchev–Trinajstić information content (AvgIpc) is 2.41. The van der Waals surface area contributed by atoms with Gasteiger partial charge in [0.25, 0.3) is 0 Å². The second-order valence-electron chi connectivity index (χ2n) is 4.91. The van der Waals surface area contributed by atoms with Gasteiger partial charge in [-0.3, -0.25) is 0 Å². The van der Waals surface area contributed by atoms with Gasteiger partial charge in [0.05, 0.1) is 5.69 Å². The van der Waals surface area contributed by atoms with Crippen molar-refractivity contribution in [2.45, 2.75) is 19.8 Å². The standard InChI is InChI=1S/C14H20N2O3/c1-10-2-3-12(13(17)8-10)16-14(18)15-9-11-4-6-19-7-5-11/h2-3,8,11,17H,4-7,9H2,1H3,(H2,15,16,18). The molecule has 0 aliphatic carbocycles. The van der Waals surface area contributed by atoms with Gasteiger partial charge in [0.1, 0.15) is 5.75 Å². The zero-order chi connectivity index (χ0) is 13.7. The Labute approximate surface area is 113 Å². The van der Waals surface area contributed by atoms with E-state index in [1.54, 1.807) is 12.1 Å². The third-order valence-corrected chi connectivity index (χ3v) is 3.29. The number of phenolic OH excluding ortho intramolecular Hbond substituents is 1. The van der Waals surface area contributed by atoms with Crippen molar-refractivity contribution in [2.24, 2.45) is 5.92 Å². The molecular weight excluding hydrogens is 244 g/mol. The first-order valence-electron chi connectivity index (χ1n) is 6.57. The summed E-state index contributed by atoms with van der Waals surface area (Å²) in [4.78, 5) is 11.7. The van der Waals surface area contributed by atoms with Crippen LogP contribution in [0.1, 0.15) is 18.4 Å². The lowest BCUT2D eigenvalue weighted by atomic mass is 10.0. The summed E-state index contributed by atoms with van der Waals surface area (Å²) in [6.07, 6.45) is 1.96. The van der Waals surface area contributed by atoms with Gasteiger partial charge in [-0.1, -0.05) is 6.07 Å². The average molecular weight is 264 g/mol. The Bertz CT molecular complexity index is 442. The number of urea groups is 1. The van der Waals surface area contributed by atoms with Crippen molar-refractivity contribution in [1.82, 2.24) is 5.32 Å². The molecule has 3 N–H and O–H groups in total. The van der Waals surface area contributed by atoms with Gasteiger partial charge in [0.15, 0.2) is 0 Å². The fraction of sp³-hybridized carbons (Fsp3) is 0.500. The van der Waals surface area contributed by atoms with Crippen molar-refractivity contribution in [3.8, 4) is 5.75 Å². The number of ether oxygens (including phenoxy) is 1. The van der Waals surface area contributed by atoms with Gasteiger partial charge in [0.2, 0.25) is 0 Å². The number of hydrogen-bond donors (Lipinski definition) is 3. The summed E-state index contributed by atoms with van der Waals surface area (Å²) in [5.41, 5.74) is 1.38. The molecule has 19 heavy (non-hydrogen) atoms. The van der Waals surface area contributed by atoms with Crippen LogP contribution < -0.4 is 10.6 Å². The lowest BCUT2D eigenvalue weighted by molar-refractivity contribution is 0.0671. The van der Waals surface area contributed by atoms with E-state index in [1.807, 2.05) is 13.0 Å². The van der Waals surface area contributed by atoms with Crippen LogP contribution in [0.4, 0.5) is 10.5 Å². The van der Waals surface area contributed by atoms with E-state index in [9.17, 15) is 9.90 Å². The van der Waals surface area contributed by atoms with Gasteiger partial charge in [-0.25, -0.2) is 4.79 Å². The fourth-order valence-corrected chi connectivity index (χ4v) is 2.10. The maximum Gasteiger partial charge on any atom is 0.319 e. The normalized spacial score (nSPS) is 16.1. The molecule has 0 radical (unpaired) electrons. The minimum absolute atomic E-state index is 0.0845. The summed E-state index contributed by atoms with van der Waals surface area (Å²) in [6, 6.07) is 4.87. The number of anilines is 1. The molecule has 5 heteroatoms. The van der Waals surface area contributed by atoms with Crippen LogP contribution in [0.3, 0.4) is 0 Å². The molecule has 2 rings (SSSR count). The number of hydrogen-bond acceptors (Lipinski definition) is 3. The van der Waals surface area contributed by atoms with E-state index >= 15 is 0 Å². The van der Waals surface area contributed by atoms with Crippen molar-refractivity contribution in [3.05, 3.63) is 23.8 Å². The van der Waals surface area contributed by atoms with Crippen molar-refractivity contribution in [3.63, 3.8) is 0 Å². The molecule has 1 aliphatic rings. The van der Waals surface area contributed by atoms with Crippen LogP contribution in [0.2, 0.25) is 0 Å². The van der Waals surface area contributed by atoms with Crippen LogP contribution in [0.5, 0.6) is 5.75 Å². The molecular formula is C14H20N2O3. The highest BCUT2D eigenvalue weighted by atomic mass is 16.5. The quantitative estimate of drug-likeness (QED) is 0.733. The summed E-state index contributed by atoms with van der Waals surface area (Å²) < 4.78 is 5.27. The van der Waals surface area contributed by atoms with Crippen molar-refractivity contribution in [2.75, 3.05) is 25.1 Å². The molecule has 1 heterocycles. The fourth-order valence-electron chi connectivity index (χ4n) is 2.10. The lowest BCUT2D eigenvalue weighted by Gasteiger charge is -2.22. The molecule has 1 saturated heterocycles. The van der Waals surface area contributed by atoms with Crippen LogP contribution >= 0.6 is 0 Å². The summed E-state index contributed by atoms with van der Waals surface area (Å²) in [5, 5.41) is 15.2. The monoisotopic (exact) mass is 264 g/mol. The molecule has 0 aromatic heterocycles. The zero-order valence-corrected chi connectivity index (χ0v) is 11.1. The Balaban J connectivity index is 1.80. The molecule has 2 amide bonds. The molecule has 1 aromatic rings. The molecule has 1 aliphatic heterocycles. The van der Waals surface area contributed by atoms with Crippen LogP contribution in [0, 0.1) is 12.8 Å². The highest BCUT2D eigenvalue weighted by Gasteiger charge is 2.14. The lowest BCUT2D eigenvalue weighted by Crippen LogP contribution is -2.35. The molecule has 1 aromatic carbocycles. The Morgan fingerprint density at radius 3 is 2.84 bits per heavy atom. The van der Waals surface area contributed by atoms with E-state index in [0.717, 1.165) is 31.6 Å². The second kappa shape index (κ2) is 6.43. The van der Waals surface area contributed by atoms with E-state index in [4.69, 9.17) is 4.74 Å². The number of aryl methyl sites for hydroxylation is 1. The van der Waals surface area contributed by atoms with E-state index in [-0.39, 0.29) is 11.8 Å². The minimum atomic E-state index is -0.286. The number of amides is 2. The van der Waals surface area contributed by atoms with E-state index < -0.39 is 0 Å². The smallest absolute Gasteiger partial charge is 0.319 e. The SMILES string of the molecule is Cc1ccc(NC(=O)NCC2CCOCC2)c(O)c1. The van der Waals surface area contributed by atoms with Crippen LogP contribution in [0.25, 0.3) is 0 Å². The third-order valence-electron chi connectivity index (χ3n) is 3.29. The number of benzene rings is 1. The second-order valence-corrected chi connectivity index (χ2v) is 4.91. The van der Waals surface area contributed by atoms with E-state index in [2.05, 4.69) is 10.6 Å². The molecule has 5 nitrogen and oxygen atoms in total. The van der Waals surface area contributed by atoms with Gasteiger partial charge in [0, 0.05) is 19.8 Å². The van der Waals surface area contributed by atoms with Gasteiger partial charge < -0.3 is 20.5 Å². The number of carbonyl (C=O) groups excluding carboxylic acids is 1. The number of carbonyl (C=O) groups is 1. The van der Waals surface area contributed by atoms with Crippen LogP contribution in [0.15, 0.2) is 18.2 Å². The van der Waals surface area contributed by atoms with Crippen molar-refractivity contribution < 1.29 is 14.6 Å². The van der Waals surface area contributed by atoms with Crippen LogP contribution in [-0.4, -0.2) is 30.9 Å². The number of nitrogens with one attached hydrogen (secondary N) is 2. The molecule has 0 bridgehead atoms. The Hall–Kier alpha value is -1.75. The summed E-state index contributed by atoms with van der Waals surface area (Å²) in [5.74, 6) is 0.562. The Morgan fingerprint density at radius 1 is 1.42 bits per heavy atom. The molecule has 1 fully saturated rings. The first-order chi connectivity index (χ1) is 9.15. The number of rotatable bonds is 3. The predicted octanol–water partition coefficient (Wildman–Crippen LogP) is 2.25. The largest absolute Gasteiger partial charge is 0.506 e. The molecule has 0 unspecified atom stereocenters. The number of aromatic hydroxyl groups is 1. The van der Waals surface area contributed by atoms with E-state index in [0.29, 0.717) is 18.2 Å². The highest BCUT2D eigenvalue weighted by molar-refractivity contribution is 5.90. The Kier molecular flexibility index (Phi) is 4.63. The minimum Gasteiger partial charge on any atom is -0.506 e. The highest BCUT2D eigenvalue weighted by Crippen LogP contribution is 2.23. The first-order valence-corrected chi connectivity index (χ1v) is 6.57. The van der Waals surface area contributed by atoms with Gasteiger partial charge >= 0.3 is 6.03 Å². The summed E-state index contributed by atoms with van der Waals surface area (Å²) >= 11 is 0. The zero-order valence-electron chi connectivity index (χ0n) is 11.1.